The minimum atomic E-state index is 0.0582. The van der Waals surface area contributed by atoms with Gasteiger partial charge in [-0.15, -0.1) is 0 Å². The van der Waals surface area contributed by atoms with Crippen LogP contribution in [-0.4, -0.2) is 7.11 Å². The zero-order chi connectivity index (χ0) is 10.9. The van der Waals surface area contributed by atoms with Crippen LogP contribution in [0.15, 0.2) is 12.1 Å². The predicted molar refractivity (Wildman–Crippen MR) is 61.4 cm³/mol. The second-order valence-corrected chi connectivity index (χ2v) is 4.91. The summed E-state index contributed by atoms with van der Waals surface area (Å²) in [6.45, 7) is 8.43. The monoisotopic (exact) mass is 212 g/mol. The second-order valence-electron chi connectivity index (χ2n) is 4.53. The van der Waals surface area contributed by atoms with Gasteiger partial charge in [0.05, 0.1) is 12.1 Å². The van der Waals surface area contributed by atoms with Crippen LogP contribution in [-0.2, 0) is 5.41 Å². The Balaban J connectivity index is 3.39. The fraction of sp³-hybridized carbons (Fsp3) is 0.500. The average Bonchev–Trinajstić information content (AvgIpc) is 2.07. The van der Waals surface area contributed by atoms with Crippen molar-refractivity contribution in [1.29, 1.82) is 0 Å². The number of methoxy groups -OCH3 is 1. The summed E-state index contributed by atoms with van der Waals surface area (Å²) in [5.41, 5.74) is 2.26. The van der Waals surface area contributed by atoms with E-state index in [0.29, 0.717) is 0 Å². The van der Waals surface area contributed by atoms with E-state index in [1.54, 1.807) is 7.11 Å². The number of hydrogen-bond acceptors (Lipinski definition) is 1. The van der Waals surface area contributed by atoms with Crippen molar-refractivity contribution >= 4 is 11.6 Å². The lowest BCUT2D eigenvalue weighted by Gasteiger charge is -2.23. The molecule has 0 aliphatic carbocycles. The highest BCUT2D eigenvalue weighted by Crippen LogP contribution is 2.38. The van der Waals surface area contributed by atoms with Crippen LogP contribution >= 0.6 is 11.6 Å². The molecule has 0 aliphatic heterocycles. The summed E-state index contributed by atoms with van der Waals surface area (Å²) in [6, 6.07) is 4.12. The Morgan fingerprint density at radius 2 is 1.79 bits per heavy atom. The molecule has 1 aromatic rings. The Hall–Kier alpha value is -0.690. The fourth-order valence-electron chi connectivity index (χ4n) is 1.44. The van der Waals surface area contributed by atoms with Gasteiger partial charge in [-0.05, 0) is 17.9 Å². The molecule has 78 valence electrons. The molecule has 0 amide bonds. The fourth-order valence-corrected chi connectivity index (χ4v) is 1.69. The van der Waals surface area contributed by atoms with Crippen LogP contribution in [0.25, 0.3) is 0 Å². The van der Waals surface area contributed by atoms with Crippen LogP contribution in [0.5, 0.6) is 5.75 Å². The molecule has 0 spiro atoms. The molecule has 0 N–H and O–H groups in total. The first-order chi connectivity index (χ1) is 6.38. The van der Waals surface area contributed by atoms with E-state index in [-0.39, 0.29) is 5.41 Å². The number of benzene rings is 1. The van der Waals surface area contributed by atoms with Crippen molar-refractivity contribution in [3.8, 4) is 5.75 Å². The minimum Gasteiger partial charge on any atom is -0.495 e. The Bertz CT molecular complexity index is 337. The van der Waals surface area contributed by atoms with Gasteiger partial charge in [0.1, 0.15) is 5.75 Å². The van der Waals surface area contributed by atoms with Crippen molar-refractivity contribution in [2.45, 2.75) is 33.1 Å². The minimum absolute atomic E-state index is 0.0582. The van der Waals surface area contributed by atoms with Gasteiger partial charge < -0.3 is 4.74 Å². The van der Waals surface area contributed by atoms with Crippen LogP contribution in [0.2, 0.25) is 5.02 Å². The Morgan fingerprint density at radius 3 is 2.21 bits per heavy atom. The predicted octanol–water partition coefficient (Wildman–Crippen LogP) is 3.95. The lowest BCUT2D eigenvalue weighted by molar-refractivity contribution is 0.397. The molecular formula is C12H17ClO. The number of ether oxygens (including phenoxy) is 1. The summed E-state index contributed by atoms with van der Waals surface area (Å²) in [6.07, 6.45) is 0. The van der Waals surface area contributed by atoms with E-state index in [0.717, 1.165) is 21.9 Å². The molecule has 0 radical (unpaired) electrons. The molecule has 0 saturated heterocycles. The van der Waals surface area contributed by atoms with Crippen LogP contribution in [0, 0.1) is 6.92 Å². The molecule has 0 heterocycles. The highest BCUT2D eigenvalue weighted by molar-refractivity contribution is 6.33. The maximum atomic E-state index is 6.18. The van der Waals surface area contributed by atoms with E-state index in [1.165, 1.54) is 0 Å². The van der Waals surface area contributed by atoms with Gasteiger partial charge in [-0.3, -0.25) is 0 Å². The van der Waals surface area contributed by atoms with Gasteiger partial charge in [0.2, 0.25) is 0 Å². The third-order valence-corrected chi connectivity index (χ3v) is 2.77. The summed E-state index contributed by atoms with van der Waals surface area (Å²) < 4.78 is 5.35. The topological polar surface area (TPSA) is 9.23 Å². The largest absolute Gasteiger partial charge is 0.495 e. The van der Waals surface area contributed by atoms with Gasteiger partial charge in [0.15, 0.2) is 0 Å². The maximum Gasteiger partial charge on any atom is 0.141 e. The summed E-state index contributed by atoms with van der Waals surface area (Å²) in [5, 5.41) is 0.722. The van der Waals surface area contributed by atoms with Crippen molar-refractivity contribution in [2.24, 2.45) is 0 Å². The van der Waals surface area contributed by atoms with Crippen LogP contribution in [0.1, 0.15) is 31.9 Å². The molecule has 0 aromatic heterocycles. The standard InChI is InChI=1S/C12H17ClO/c1-8-6-7-9(12(2,3)4)11(14-5)10(8)13/h6-7H,1-5H3. The number of hydrogen-bond donors (Lipinski definition) is 0. The molecule has 2 heteroatoms. The van der Waals surface area contributed by atoms with Crippen molar-refractivity contribution < 1.29 is 4.74 Å². The van der Waals surface area contributed by atoms with Crippen LogP contribution < -0.4 is 4.74 Å². The van der Waals surface area contributed by atoms with E-state index >= 15 is 0 Å². The lowest BCUT2D eigenvalue weighted by Crippen LogP contribution is -2.13. The van der Waals surface area contributed by atoms with E-state index in [9.17, 15) is 0 Å². The van der Waals surface area contributed by atoms with E-state index < -0.39 is 0 Å². The molecule has 0 saturated carbocycles. The molecule has 0 aliphatic rings. The first-order valence-corrected chi connectivity index (χ1v) is 5.09. The van der Waals surface area contributed by atoms with Crippen molar-refractivity contribution in [3.63, 3.8) is 0 Å². The van der Waals surface area contributed by atoms with Gasteiger partial charge in [-0.25, -0.2) is 0 Å². The Morgan fingerprint density at radius 1 is 1.21 bits per heavy atom. The quantitative estimate of drug-likeness (QED) is 0.685. The molecule has 1 rings (SSSR count). The van der Waals surface area contributed by atoms with Gasteiger partial charge in [-0.2, -0.15) is 0 Å². The maximum absolute atomic E-state index is 6.18. The molecule has 1 aromatic carbocycles. The average molecular weight is 213 g/mol. The van der Waals surface area contributed by atoms with Gasteiger partial charge in [-0.1, -0.05) is 44.5 Å². The number of rotatable bonds is 1. The highest BCUT2D eigenvalue weighted by atomic mass is 35.5. The molecule has 1 nitrogen and oxygen atoms in total. The van der Waals surface area contributed by atoms with Crippen molar-refractivity contribution in [3.05, 3.63) is 28.3 Å². The molecule has 14 heavy (non-hydrogen) atoms. The third kappa shape index (κ3) is 2.03. The third-order valence-electron chi connectivity index (χ3n) is 2.30. The molecular weight excluding hydrogens is 196 g/mol. The zero-order valence-corrected chi connectivity index (χ0v) is 10.2. The number of halogens is 1. The first kappa shape index (κ1) is 11.4. The SMILES string of the molecule is COc1c(C(C)(C)C)ccc(C)c1Cl. The molecule has 0 atom stereocenters. The smallest absolute Gasteiger partial charge is 0.141 e. The van der Waals surface area contributed by atoms with Crippen molar-refractivity contribution in [2.75, 3.05) is 7.11 Å². The van der Waals surface area contributed by atoms with Crippen molar-refractivity contribution in [1.82, 2.24) is 0 Å². The summed E-state index contributed by atoms with van der Waals surface area (Å²) in [7, 11) is 1.66. The lowest BCUT2D eigenvalue weighted by atomic mass is 9.86. The molecule has 0 fully saturated rings. The summed E-state index contributed by atoms with van der Waals surface area (Å²) in [5.74, 6) is 0.805. The number of aryl methyl sites for hydroxylation is 1. The summed E-state index contributed by atoms with van der Waals surface area (Å²) >= 11 is 6.18. The summed E-state index contributed by atoms with van der Waals surface area (Å²) in [4.78, 5) is 0. The van der Waals surface area contributed by atoms with Gasteiger partial charge >= 0.3 is 0 Å². The molecule has 0 unspecified atom stereocenters. The highest BCUT2D eigenvalue weighted by Gasteiger charge is 2.21. The Labute approximate surface area is 91.0 Å². The molecule has 0 bridgehead atoms. The normalized spacial score (nSPS) is 11.6. The van der Waals surface area contributed by atoms with E-state index in [2.05, 4.69) is 26.8 Å². The van der Waals surface area contributed by atoms with Gasteiger partial charge in [0, 0.05) is 5.56 Å². The second kappa shape index (κ2) is 3.82. The first-order valence-electron chi connectivity index (χ1n) is 4.71. The van der Waals surface area contributed by atoms with Crippen LogP contribution in [0.3, 0.4) is 0 Å². The zero-order valence-electron chi connectivity index (χ0n) is 9.44. The Kier molecular flexibility index (Phi) is 3.10. The van der Waals surface area contributed by atoms with E-state index in [1.807, 2.05) is 13.0 Å². The van der Waals surface area contributed by atoms with Crippen LogP contribution in [0.4, 0.5) is 0 Å². The van der Waals surface area contributed by atoms with E-state index in [4.69, 9.17) is 16.3 Å². The van der Waals surface area contributed by atoms with Gasteiger partial charge in [0.25, 0.3) is 0 Å².